The lowest BCUT2D eigenvalue weighted by Gasteiger charge is -2.48. The quantitative estimate of drug-likeness (QED) is 0.804. The number of benzene rings is 1. The van der Waals surface area contributed by atoms with Crippen molar-refractivity contribution in [2.75, 3.05) is 24.5 Å². The van der Waals surface area contributed by atoms with Crippen molar-refractivity contribution in [3.63, 3.8) is 0 Å². The molecule has 21 heavy (non-hydrogen) atoms. The highest BCUT2D eigenvalue weighted by Crippen LogP contribution is 2.34. The van der Waals surface area contributed by atoms with Crippen molar-refractivity contribution in [2.24, 2.45) is 0 Å². The zero-order chi connectivity index (χ0) is 15.5. The topological polar surface area (TPSA) is 69.6 Å². The van der Waals surface area contributed by atoms with Crippen molar-refractivity contribution in [1.82, 2.24) is 4.72 Å². The number of nitrogens with one attached hydrogen (secondary N) is 1. The summed E-state index contributed by atoms with van der Waals surface area (Å²) in [5.41, 5.74) is -0.00970. The number of hydrogen-bond donors (Lipinski definition) is 2. The molecule has 0 aliphatic carbocycles. The average Bonchev–Trinajstić information content (AvgIpc) is 2.43. The molecule has 0 atom stereocenters. The van der Waals surface area contributed by atoms with Crippen LogP contribution in [0.3, 0.4) is 0 Å². The van der Waals surface area contributed by atoms with Crippen LogP contribution >= 0.6 is 0 Å². The Morgan fingerprint density at radius 3 is 2.52 bits per heavy atom. The SMILES string of the molecule is CCCNS(=O)(=O)c1ccccc1N1CC(O)(CCC)C1. The third kappa shape index (κ3) is 3.56. The summed E-state index contributed by atoms with van der Waals surface area (Å²) in [6.07, 6.45) is 2.41. The second-order valence-electron chi connectivity index (χ2n) is 5.70. The third-order valence-corrected chi connectivity index (χ3v) is 5.23. The number of aliphatic hydroxyl groups is 1. The molecule has 1 aromatic carbocycles. The number of β-amino-alcohol motifs (C(OH)–C–C–N with tert-alkyl or cyclic N) is 1. The zero-order valence-corrected chi connectivity index (χ0v) is 13.5. The fourth-order valence-corrected chi connectivity index (χ4v) is 4.08. The van der Waals surface area contributed by atoms with Gasteiger partial charge >= 0.3 is 0 Å². The molecule has 118 valence electrons. The molecule has 6 heteroatoms. The molecule has 0 unspecified atom stereocenters. The van der Waals surface area contributed by atoms with Gasteiger partial charge in [0.15, 0.2) is 0 Å². The Balaban J connectivity index is 2.20. The molecule has 1 saturated heterocycles. The van der Waals surface area contributed by atoms with Crippen molar-refractivity contribution in [3.05, 3.63) is 24.3 Å². The monoisotopic (exact) mass is 312 g/mol. The summed E-state index contributed by atoms with van der Waals surface area (Å²) in [5, 5.41) is 10.3. The van der Waals surface area contributed by atoms with Crippen LogP contribution in [0.1, 0.15) is 33.1 Å². The second kappa shape index (κ2) is 6.34. The van der Waals surface area contributed by atoms with Crippen LogP contribution in [-0.2, 0) is 10.0 Å². The van der Waals surface area contributed by atoms with Crippen molar-refractivity contribution < 1.29 is 13.5 Å². The number of para-hydroxylation sites is 1. The number of anilines is 1. The Labute approximate surface area is 127 Å². The first kappa shape index (κ1) is 16.3. The Morgan fingerprint density at radius 1 is 1.24 bits per heavy atom. The maximum atomic E-state index is 12.3. The summed E-state index contributed by atoms with van der Waals surface area (Å²) in [6, 6.07) is 6.96. The molecule has 1 aromatic rings. The molecule has 0 saturated carbocycles. The van der Waals surface area contributed by atoms with Gasteiger partial charge in [0.05, 0.1) is 11.3 Å². The van der Waals surface area contributed by atoms with E-state index in [0.29, 0.717) is 25.3 Å². The number of rotatable bonds is 7. The van der Waals surface area contributed by atoms with E-state index in [-0.39, 0.29) is 4.90 Å². The lowest BCUT2D eigenvalue weighted by atomic mass is 9.89. The summed E-state index contributed by atoms with van der Waals surface area (Å²) < 4.78 is 27.3. The van der Waals surface area contributed by atoms with Gasteiger partial charge in [0, 0.05) is 19.6 Å². The maximum absolute atomic E-state index is 12.3. The molecule has 2 N–H and O–H groups in total. The van der Waals surface area contributed by atoms with Gasteiger partial charge in [-0.2, -0.15) is 0 Å². The minimum absolute atomic E-state index is 0.289. The van der Waals surface area contributed by atoms with Gasteiger partial charge in [0.1, 0.15) is 4.90 Å². The third-order valence-electron chi connectivity index (χ3n) is 3.72. The maximum Gasteiger partial charge on any atom is 0.242 e. The first-order valence-electron chi connectivity index (χ1n) is 7.48. The molecule has 0 radical (unpaired) electrons. The highest BCUT2D eigenvalue weighted by Gasteiger charge is 2.41. The Hall–Kier alpha value is -1.11. The molecule has 2 rings (SSSR count). The van der Waals surface area contributed by atoms with Gasteiger partial charge in [0.25, 0.3) is 0 Å². The van der Waals surface area contributed by atoms with Gasteiger partial charge in [-0.1, -0.05) is 32.4 Å². The van der Waals surface area contributed by atoms with Gasteiger partial charge in [-0.15, -0.1) is 0 Å². The summed E-state index contributed by atoms with van der Waals surface area (Å²) >= 11 is 0. The Kier molecular flexibility index (Phi) is 4.91. The molecule has 1 fully saturated rings. The van der Waals surface area contributed by atoms with Crippen LogP contribution in [-0.4, -0.2) is 38.8 Å². The van der Waals surface area contributed by atoms with E-state index in [2.05, 4.69) is 4.72 Å². The standard InChI is InChI=1S/C15H24N2O3S/c1-3-9-15(18)11-17(12-15)13-7-5-6-8-14(13)21(19,20)16-10-4-2/h5-8,16,18H,3-4,9-12H2,1-2H3. The fraction of sp³-hybridized carbons (Fsp3) is 0.600. The average molecular weight is 312 g/mol. The van der Waals surface area contributed by atoms with Crippen LogP contribution < -0.4 is 9.62 Å². The van der Waals surface area contributed by atoms with Gasteiger partial charge in [-0.25, -0.2) is 13.1 Å². The normalized spacial score (nSPS) is 17.6. The predicted molar refractivity (Wildman–Crippen MR) is 84.0 cm³/mol. The van der Waals surface area contributed by atoms with Gasteiger partial charge in [-0.3, -0.25) is 0 Å². The summed E-state index contributed by atoms with van der Waals surface area (Å²) in [5.74, 6) is 0. The van der Waals surface area contributed by atoms with Crippen LogP contribution in [0.4, 0.5) is 5.69 Å². The van der Waals surface area contributed by atoms with E-state index in [1.54, 1.807) is 18.2 Å². The van der Waals surface area contributed by atoms with Gasteiger partial charge < -0.3 is 10.0 Å². The molecule has 0 amide bonds. The number of hydrogen-bond acceptors (Lipinski definition) is 4. The highest BCUT2D eigenvalue weighted by molar-refractivity contribution is 7.89. The predicted octanol–water partition coefficient (Wildman–Crippen LogP) is 1.73. The van der Waals surface area contributed by atoms with Gasteiger partial charge in [0.2, 0.25) is 10.0 Å². The van der Waals surface area contributed by atoms with Crippen LogP contribution in [0, 0.1) is 0 Å². The van der Waals surface area contributed by atoms with Crippen molar-refractivity contribution in [1.29, 1.82) is 0 Å². The molecule has 0 bridgehead atoms. The molecule has 1 aliphatic rings. The van der Waals surface area contributed by atoms with E-state index in [9.17, 15) is 13.5 Å². The van der Waals surface area contributed by atoms with E-state index in [1.807, 2.05) is 24.8 Å². The van der Waals surface area contributed by atoms with Crippen molar-refractivity contribution in [3.8, 4) is 0 Å². The summed E-state index contributed by atoms with van der Waals surface area (Å²) in [7, 11) is -3.50. The lowest BCUT2D eigenvalue weighted by molar-refractivity contribution is 0.00310. The first-order chi connectivity index (χ1) is 9.92. The van der Waals surface area contributed by atoms with E-state index in [0.717, 1.165) is 19.3 Å². The van der Waals surface area contributed by atoms with Crippen LogP contribution in [0.25, 0.3) is 0 Å². The van der Waals surface area contributed by atoms with Crippen LogP contribution in [0.15, 0.2) is 29.2 Å². The molecule has 0 aromatic heterocycles. The number of nitrogens with zero attached hydrogens (tertiary/aromatic N) is 1. The van der Waals surface area contributed by atoms with Gasteiger partial charge in [-0.05, 0) is 25.0 Å². The lowest BCUT2D eigenvalue weighted by Crippen LogP contribution is -2.62. The largest absolute Gasteiger partial charge is 0.386 e. The molecule has 1 heterocycles. The summed E-state index contributed by atoms with van der Waals surface area (Å²) in [4.78, 5) is 2.22. The van der Waals surface area contributed by atoms with E-state index in [4.69, 9.17) is 0 Å². The molecule has 5 nitrogen and oxygen atoms in total. The van der Waals surface area contributed by atoms with Crippen LogP contribution in [0.5, 0.6) is 0 Å². The molecular weight excluding hydrogens is 288 g/mol. The summed E-state index contributed by atoms with van der Waals surface area (Å²) in [6.45, 7) is 5.36. The molecule has 1 aliphatic heterocycles. The molecule has 0 spiro atoms. The van der Waals surface area contributed by atoms with E-state index < -0.39 is 15.6 Å². The first-order valence-corrected chi connectivity index (χ1v) is 8.96. The number of sulfonamides is 1. The minimum atomic E-state index is -3.50. The minimum Gasteiger partial charge on any atom is -0.386 e. The van der Waals surface area contributed by atoms with E-state index in [1.165, 1.54) is 0 Å². The Morgan fingerprint density at radius 2 is 1.90 bits per heavy atom. The van der Waals surface area contributed by atoms with Crippen LogP contribution in [0.2, 0.25) is 0 Å². The Bertz CT molecular complexity index is 580. The smallest absolute Gasteiger partial charge is 0.242 e. The fourth-order valence-electron chi connectivity index (χ4n) is 2.72. The van der Waals surface area contributed by atoms with Crippen molar-refractivity contribution >= 4 is 15.7 Å². The van der Waals surface area contributed by atoms with E-state index >= 15 is 0 Å². The highest BCUT2D eigenvalue weighted by atomic mass is 32.2. The van der Waals surface area contributed by atoms with Crippen molar-refractivity contribution in [2.45, 2.75) is 43.6 Å². The zero-order valence-electron chi connectivity index (χ0n) is 12.7. The molecular formula is C15H24N2O3S. The second-order valence-corrected chi connectivity index (χ2v) is 7.43.